The fraction of sp³-hybridized carbons (Fsp3) is 0.846. The van der Waals surface area contributed by atoms with Gasteiger partial charge in [-0.2, -0.15) is 0 Å². The quantitative estimate of drug-likeness (QED) is 0.455. The Hall–Kier alpha value is -2.16. The highest BCUT2D eigenvalue weighted by atomic mass is 16.6. The fourth-order valence-corrected chi connectivity index (χ4v) is 2.88. The lowest BCUT2D eigenvalue weighted by molar-refractivity contribution is -0.236. The number of carbonyl (C=O) groups is 4. The van der Waals surface area contributed by atoms with E-state index in [0.29, 0.717) is 0 Å². The second-order valence-corrected chi connectivity index (χ2v) is 13.4. The lowest BCUT2D eigenvalue weighted by Gasteiger charge is -2.44. The Kier molecular flexibility index (Phi) is 9.21. The van der Waals surface area contributed by atoms with Crippen LogP contribution < -0.4 is 0 Å². The first-order chi connectivity index (χ1) is 15.5. The molecule has 1 fully saturated rings. The van der Waals surface area contributed by atoms with Gasteiger partial charge in [0.25, 0.3) is 0 Å². The zero-order valence-corrected chi connectivity index (χ0v) is 23.3. The maximum Gasteiger partial charge on any atom is 0.311 e. The predicted molar refractivity (Wildman–Crippen MR) is 128 cm³/mol. The zero-order chi connectivity index (χ0) is 27.7. The van der Waals surface area contributed by atoms with Gasteiger partial charge in [-0.1, -0.05) is 0 Å². The van der Waals surface area contributed by atoms with Gasteiger partial charge in [0.05, 0.1) is 27.8 Å². The van der Waals surface area contributed by atoms with E-state index in [2.05, 4.69) is 0 Å². The van der Waals surface area contributed by atoms with Crippen molar-refractivity contribution < 1.29 is 43.2 Å². The van der Waals surface area contributed by atoms with Crippen molar-refractivity contribution in [1.82, 2.24) is 0 Å². The Balaban J connectivity index is 3.56. The third kappa shape index (κ3) is 8.47. The smallest absolute Gasteiger partial charge is 0.311 e. The van der Waals surface area contributed by atoms with E-state index in [-0.39, 0.29) is 6.42 Å². The minimum Gasteiger partial charge on any atom is -0.458 e. The third-order valence-corrected chi connectivity index (χ3v) is 5.30. The highest BCUT2D eigenvalue weighted by Gasteiger charge is 2.54. The average molecular weight is 501 g/mol. The molecule has 1 N–H and O–H groups in total. The highest BCUT2D eigenvalue weighted by Crippen LogP contribution is 2.35. The summed E-state index contributed by atoms with van der Waals surface area (Å²) in [5.74, 6) is -2.51. The van der Waals surface area contributed by atoms with E-state index in [0.717, 1.165) is 0 Å². The number of aliphatic hydroxyl groups is 1. The number of esters is 4. The number of rotatable bonds is 4. The summed E-state index contributed by atoms with van der Waals surface area (Å²) in [6.45, 7) is 19.8. The van der Waals surface area contributed by atoms with E-state index in [1.165, 1.54) is 0 Å². The Morgan fingerprint density at radius 2 is 0.800 bits per heavy atom. The summed E-state index contributed by atoms with van der Waals surface area (Å²) in [7, 11) is 0. The first-order valence-electron chi connectivity index (χ1n) is 12.0. The molecule has 9 heteroatoms. The summed E-state index contributed by atoms with van der Waals surface area (Å²) in [5.41, 5.74) is -3.66. The molecule has 0 spiro atoms. The van der Waals surface area contributed by atoms with Crippen molar-refractivity contribution in [2.75, 3.05) is 0 Å². The van der Waals surface area contributed by atoms with E-state index in [9.17, 15) is 24.3 Å². The van der Waals surface area contributed by atoms with Gasteiger partial charge in [0.1, 0.15) is 6.10 Å². The minimum atomic E-state index is -1.40. The van der Waals surface area contributed by atoms with Crippen molar-refractivity contribution in [3.8, 4) is 0 Å². The molecule has 0 heterocycles. The summed E-state index contributed by atoms with van der Waals surface area (Å²) in [6.07, 6.45) is -6.71. The molecule has 1 aliphatic carbocycles. The summed E-state index contributed by atoms with van der Waals surface area (Å²) >= 11 is 0. The van der Waals surface area contributed by atoms with Gasteiger partial charge in [-0.15, -0.1) is 0 Å². The van der Waals surface area contributed by atoms with Gasteiger partial charge in [0, 0.05) is 6.42 Å². The molecule has 0 bridgehead atoms. The number of aliphatic hydroxyl groups excluding tert-OH is 1. The number of hydrogen-bond acceptors (Lipinski definition) is 9. The normalized spacial score (nSPS) is 25.9. The van der Waals surface area contributed by atoms with Gasteiger partial charge in [-0.05, 0) is 83.1 Å². The average Bonchev–Trinajstić information content (AvgIpc) is 2.63. The molecule has 0 aromatic heterocycles. The minimum absolute atomic E-state index is 0.185. The van der Waals surface area contributed by atoms with Crippen molar-refractivity contribution >= 4 is 23.9 Å². The van der Waals surface area contributed by atoms with Crippen LogP contribution in [0.4, 0.5) is 0 Å². The molecule has 0 amide bonds. The fourth-order valence-electron chi connectivity index (χ4n) is 2.88. The molecular weight excluding hydrogens is 456 g/mol. The molecule has 0 aromatic rings. The van der Waals surface area contributed by atoms with Crippen LogP contribution in [0.2, 0.25) is 0 Å². The van der Waals surface area contributed by atoms with Crippen LogP contribution in [-0.2, 0) is 38.1 Å². The van der Waals surface area contributed by atoms with Gasteiger partial charge < -0.3 is 24.1 Å². The molecule has 1 rings (SSSR count). The van der Waals surface area contributed by atoms with Crippen LogP contribution >= 0.6 is 0 Å². The Bertz CT molecular complexity index is 803. The second-order valence-electron chi connectivity index (χ2n) is 13.4. The molecule has 1 saturated carbocycles. The molecule has 35 heavy (non-hydrogen) atoms. The van der Waals surface area contributed by atoms with Crippen molar-refractivity contribution in [1.29, 1.82) is 0 Å². The van der Waals surface area contributed by atoms with Gasteiger partial charge >= 0.3 is 23.9 Å². The molecule has 0 radical (unpaired) electrons. The van der Waals surface area contributed by atoms with E-state index < -0.39 is 76.1 Å². The number of ether oxygens (including phenoxy) is 4. The highest BCUT2D eigenvalue weighted by molar-refractivity contribution is 5.78. The second kappa shape index (κ2) is 10.4. The molecule has 0 saturated heterocycles. The van der Waals surface area contributed by atoms with Crippen LogP contribution in [0.3, 0.4) is 0 Å². The van der Waals surface area contributed by atoms with E-state index in [4.69, 9.17) is 18.9 Å². The Morgan fingerprint density at radius 1 is 0.514 bits per heavy atom. The van der Waals surface area contributed by atoms with Crippen molar-refractivity contribution in [3.05, 3.63) is 0 Å². The van der Waals surface area contributed by atoms with E-state index >= 15 is 0 Å². The van der Waals surface area contributed by atoms with Crippen LogP contribution in [0.25, 0.3) is 0 Å². The molecule has 1 aliphatic rings. The summed E-state index contributed by atoms with van der Waals surface area (Å²) in [4.78, 5) is 51.2. The van der Waals surface area contributed by atoms with Crippen LogP contribution in [0.1, 0.15) is 89.5 Å². The predicted octanol–water partition coefficient (Wildman–Crippen LogP) is 3.58. The zero-order valence-electron chi connectivity index (χ0n) is 23.3. The molecule has 5 atom stereocenters. The lowest BCUT2D eigenvalue weighted by Crippen LogP contribution is -2.62. The first-order valence-corrected chi connectivity index (χ1v) is 12.0. The lowest BCUT2D eigenvalue weighted by atomic mass is 9.85. The standard InChI is InChI=1S/C26H44O9/c1-23(2,3)19(28)32-15-13-14(27)16(33-20(29)24(4,5)6)18(35-22(31)26(10,11)12)17(15)34-21(30)25(7,8)9/h14-18,27H,13H2,1-12H3. The summed E-state index contributed by atoms with van der Waals surface area (Å²) in [6, 6.07) is 0. The van der Waals surface area contributed by atoms with Crippen LogP contribution in [0.5, 0.6) is 0 Å². The van der Waals surface area contributed by atoms with E-state index in [1.807, 2.05) is 0 Å². The Labute approximate surface area is 209 Å². The van der Waals surface area contributed by atoms with Crippen LogP contribution in [-0.4, -0.2) is 59.5 Å². The van der Waals surface area contributed by atoms with Gasteiger partial charge in [-0.3, -0.25) is 19.2 Å². The topological polar surface area (TPSA) is 125 Å². The maximum absolute atomic E-state index is 12.9. The molecule has 0 aromatic carbocycles. The molecule has 0 aliphatic heterocycles. The maximum atomic E-state index is 12.9. The number of hydrogen-bond donors (Lipinski definition) is 1. The third-order valence-electron chi connectivity index (χ3n) is 5.30. The van der Waals surface area contributed by atoms with Gasteiger partial charge in [-0.25, -0.2) is 0 Å². The summed E-state index contributed by atoms with van der Waals surface area (Å²) < 4.78 is 22.8. The van der Waals surface area contributed by atoms with Crippen LogP contribution in [0.15, 0.2) is 0 Å². The monoisotopic (exact) mass is 500 g/mol. The first kappa shape index (κ1) is 30.9. The number of carbonyl (C=O) groups excluding carboxylic acids is 4. The van der Waals surface area contributed by atoms with Gasteiger partial charge in [0.15, 0.2) is 18.3 Å². The SMILES string of the molecule is CC(C)(C)C(=O)OC1CC(O)C(OC(=O)C(C)(C)C)C(OC(=O)C(C)(C)C)C1OC(=O)C(C)(C)C. The van der Waals surface area contributed by atoms with Crippen molar-refractivity contribution in [2.45, 2.75) is 120 Å². The molecule has 9 nitrogen and oxygen atoms in total. The molecule has 5 unspecified atom stereocenters. The van der Waals surface area contributed by atoms with Gasteiger partial charge in [0.2, 0.25) is 0 Å². The van der Waals surface area contributed by atoms with Crippen LogP contribution in [0, 0.1) is 21.7 Å². The molecular formula is C26H44O9. The van der Waals surface area contributed by atoms with Crippen molar-refractivity contribution in [3.63, 3.8) is 0 Å². The Morgan fingerprint density at radius 3 is 1.14 bits per heavy atom. The largest absolute Gasteiger partial charge is 0.458 e. The summed E-state index contributed by atoms with van der Waals surface area (Å²) in [5, 5.41) is 11.0. The molecule has 202 valence electrons. The van der Waals surface area contributed by atoms with E-state index in [1.54, 1.807) is 83.1 Å². The van der Waals surface area contributed by atoms with Crippen molar-refractivity contribution in [2.24, 2.45) is 21.7 Å².